The summed E-state index contributed by atoms with van der Waals surface area (Å²) in [6, 6.07) is 8.43. The average Bonchev–Trinajstić information content (AvgIpc) is 2.33. The lowest BCUT2D eigenvalue weighted by Gasteiger charge is -2.23. The standard InChI is InChI=1S/C14H21NO/c1-2-16-14-8-4-3-7-13(14)10-12-6-5-9-15-11-12/h3-4,7-8,12,15H,2,5-6,9-11H2,1H3. The average molecular weight is 219 g/mol. The molecule has 1 fully saturated rings. The maximum Gasteiger partial charge on any atom is 0.122 e. The summed E-state index contributed by atoms with van der Waals surface area (Å²) in [5.41, 5.74) is 1.36. The van der Waals surface area contributed by atoms with Gasteiger partial charge in [0.25, 0.3) is 0 Å². The van der Waals surface area contributed by atoms with Gasteiger partial charge in [-0.15, -0.1) is 0 Å². The highest BCUT2D eigenvalue weighted by Crippen LogP contribution is 2.24. The van der Waals surface area contributed by atoms with Crippen LogP contribution in [0.15, 0.2) is 24.3 Å². The third-order valence-electron chi connectivity index (χ3n) is 3.18. The van der Waals surface area contributed by atoms with Gasteiger partial charge in [0.2, 0.25) is 0 Å². The van der Waals surface area contributed by atoms with E-state index in [0.29, 0.717) is 0 Å². The summed E-state index contributed by atoms with van der Waals surface area (Å²) >= 11 is 0. The van der Waals surface area contributed by atoms with Crippen LogP contribution in [0.1, 0.15) is 25.3 Å². The van der Waals surface area contributed by atoms with Crippen LogP contribution in [0.4, 0.5) is 0 Å². The van der Waals surface area contributed by atoms with Crippen molar-refractivity contribution < 1.29 is 4.74 Å². The van der Waals surface area contributed by atoms with Crippen LogP contribution in [-0.4, -0.2) is 19.7 Å². The van der Waals surface area contributed by atoms with Gasteiger partial charge in [-0.05, 0) is 56.8 Å². The molecule has 0 aromatic heterocycles. The van der Waals surface area contributed by atoms with E-state index in [-0.39, 0.29) is 0 Å². The molecule has 0 amide bonds. The third kappa shape index (κ3) is 2.99. The molecular weight excluding hydrogens is 198 g/mol. The van der Waals surface area contributed by atoms with Crippen LogP contribution in [-0.2, 0) is 6.42 Å². The van der Waals surface area contributed by atoms with Gasteiger partial charge in [-0.25, -0.2) is 0 Å². The van der Waals surface area contributed by atoms with Crippen molar-refractivity contribution in [2.75, 3.05) is 19.7 Å². The van der Waals surface area contributed by atoms with Crippen LogP contribution in [0, 0.1) is 5.92 Å². The van der Waals surface area contributed by atoms with Crippen LogP contribution in [0.2, 0.25) is 0 Å². The summed E-state index contributed by atoms with van der Waals surface area (Å²) in [7, 11) is 0. The van der Waals surface area contributed by atoms with Gasteiger partial charge in [-0.3, -0.25) is 0 Å². The summed E-state index contributed by atoms with van der Waals surface area (Å²) in [4.78, 5) is 0. The minimum absolute atomic E-state index is 0.750. The molecule has 0 bridgehead atoms. The molecule has 1 N–H and O–H groups in total. The Labute approximate surface area is 98.0 Å². The van der Waals surface area contributed by atoms with Gasteiger partial charge >= 0.3 is 0 Å². The quantitative estimate of drug-likeness (QED) is 0.840. The van der Waals surface area contributed by atoms with Crippen molar-refractivity contribution in [2.24, 2.45) is 5.92 Å². The molecule has 1 unspecified atom stereocenters. The van der Waals surface area contributed by atoms with Crippen LogP contribution < -0.4 is 10.1 Å². The van der Waals surface area contributed by atoms with Crippen molar-refractivity contribution in [1.29, 1.82) is 0 Å². The second-order valence-electron chi connectivity index (χ2n) is 4.46. The van der Waals surface area contributed by atoms with Gasteiger partial charge in [-0.2, -0.15) is 0 Å². The van der Waals surface area contributed by atoms with Gasteiger partial charge in [-0.1, -0.05) is 18.2 Å². The van der Waals surface area contributed by atoms with E-state index in [9.17, 15) is 0 Å². The predicted molar refractivity (Wildman–Crippen MR) is 66.9 cm³/mol. The Morgan fingerprint density at radius 3 is 3.00 bits per heavy atom. The van der Waals surface area contributed by atoms with E-state index in [2.05, 4.69) is 23.5 Å². The maximum atomic E-state index is 5.66. The van der Waals surface area contributed by atoms with E-state index in [1.165, 1.54) is 24.9 Å². The van der Waals surface area contributed by atoms with E-state index in [1.807, 2.05) is 13.0 Å². The fraction of sp³-hybridized carbons (Fsp3) is 0.571. The molecule has 0 aliphatic carbocycles. The first-order chi connectivity index (χ1) is 7.90. The van der Waals surface area contributed by atoms with E-state index in [4.69, 9.17) is 4.74 Å². The van der Waals surface area contributed by atoms with Gasteiger partial charge in [0, 0.05) is 0 Å². The fourth-order valence-electron chi connectivity index (χ4n) is 2.38. The normalized spacial score (nSPS) is 20.7. The first-order valence-electron chi connectivity index (χ1n) is 6.31. The SMILES string of the molecule is CCOc1ccccc1CC1CCCNC1. The Morgan fingerprint density at radius 2 is 2.25 bits per heavy atom. The number of nitrogens with one attached hydrogen (secondary N) is 1. The Balaban J connectivity index is 2.01. The summed E-state index contributed by atoms with van der Waals surface area (Å²) in [5.74, 6) is 1.84. The molecule has 1 atom stereocenters. The van der Waals surface area contributed by atoms with Crippen molar-refractivity contribution in [3.8, 4) is 5.75 Å². The molecule has 1 heterocycles. The molecule has 0 radical (unpaired) electrons. The molecule has 88 valence electrons. The Morgan fingerprint density at radius 1 is 1.38 bits per heavy atom. The van der Waals surface area contributed by atoms with Crippen LogP contribution >= 0.6 is 0 Å². The summed E-state index contributed by atoms with van der Waals surface area (Å²) in [5, 5.41) is 3.47. The number of benzene rings is 1. The van der Waals surface area contributed by atoms with Gasteiger partial charge in [0.15, 0.2) is 0 Å². The molecule has 2 rings (SSSR count). The number of hydrogen-bond acceptors (Lipinski definition) is 2. The molecule has 1 aliphatic rings. The van der Waals surface area contributed by atoms with E-state index in [0.717, 1.165) is 31.2 Å². The number of hydrogen-bond donors (Lipinski definition) is 1. The topological polar surface area (TPSA) is 21.3 Å². The molecular formula is C14H21NO. The Bertz CT molecular complexity index is 318. The minimum atomic E-state index is 0.750. The molecule has 0 saturated carbocycles. The summed E-state index contributed by atoms with van der Waals surface area (Å²) < 4.78 is 5.66. The Hall–Kier alpha value is -1.02. The zero-order valence-electron chi connectivity index (χ0n) is 10.0. The zero-order valence-corrected chi connectivity index (χ0v) is 10.0. The molecule has 2 nitrogen and oxygen atoms in total. The van der Waals surface area contributed by atoms with E-state index >= 15 is 0 Å². The lowest BCUT2D eigenvalue weighted by Crippen LogP contribution is -2.30. The van der Waals surface area contributed by atoms with Crippen molar-refractivity contribution >= 4 is 0 Å². The predicted octanol–water partition coefficient (Wildman–Crippen LogP) is 2.63. The number of rotatable bonds is 4. The molecule has 16 heavy (non-hydrogen) atoms. The highest BCUT2D eigenvalue weighted by Gasteiger charge is 2.15. The van der Waals surface area contributed by atoms with Crippen molar-refractivity contribution in [3.05, 3.63) is 29.8 Å². The maximum absolute atomic E-state index is 5.66. The summed E-state index contributed by atoms with van der Waals surface area (Å²) in [6.45, 7) is 5.13. The van der Waals surface area contributed by atoms with E-state index < -0.39 is 0 Å². The van der Waals surface area contributed by atoms with Crippen molar-refractivity contribution in [1.82, 2.24) is 5.32 Å². The molecule has 0 spiro atoms. The number of para-hydroxylation sites is 1. The molecule has 2 heteroatoms. The van der Waals surface area contributed by atoms with Gasteiger partial charge < -0.3 is 10.1 Å². The van der Waals surface area contributed by atoms with E-state index in [1.54, 1.807) is 0 Å². The van der Waals surface area contributed by atoms with Crippen molar-refractivity contribution in [2.45, 2.75) is 26.2 Å². The second-order valence-corrected chi connectivity index (χ2v) is 4.46. The first-order valence-corrected chi connectivity index (χ1v) is 6.31. The van der Waals surface area contributed by atoms with Gasteiger partial charge in [0.1, 0.15) is 5.75 Å². The molecule has 1 aromatic carbocycles. The third-order valence-corrected chi connectivity index (χ3v) is 3.18. The lowest BCUT2D eigenvalue weighted by molar-refractivity contribution is 0.327. The highest BCUT2D eigenvalue weighted by atomic mass is 16.5. The zero-order chi connectivity index (χ0) is 11.2. The lowest BCUT2D eigenvalue weighted by atomic mass is 9.92. The number of ether oxygens (including phenoxy) is 1. The monoisotopic (exact) mass is 219 g/mol. The first kappa shape index (κ1) is 11.5. The van der Waals surface area contributed by atoms with Crippen LogP contribution in [0.25, 0.3) is 0 Å². The minimum Gasteiger partial charge on any atom is -0.494 e. The molecule has 1 aliphatic heterocycles. The Kier molecular flexibility index (Phi) is 4.23. The fourth-order valence-corrected chi connectivity index (χ4v) is 2.38. The van der Waals surface area contributed by atoms with Crippen molar-refractivity contribution in [3.63, 3.8) is 0 Å². The van der Waals surface area contributed by atoms with Crippen LogP contribution in [0.3, 0.4) is 0 Å². The smallest absolute Gasteiger partial charge is 0.122 e. The second kappa shape index (κ2) is 5.90. The highest BCUT2D eigenvalue weighted by molar-refractivity contribution is 5.33. The van der Waals surface area contributed by atoms with Gasteiger partial charge in [0.05, 0.1) is 6.61 Å². The largest absolute Gasteiger partial charge is 0.494 e. The van der Waals surface area contributed by atoms with Crippen LogP contribution in [0.5, 0.6) is 5.75 Å². The number of piperidine rings is 1. The molecule has 1 saturated heterocycles. The molecule has 1 aromatic rings. The summed E-state index contributed by atoms with van der Waals surface area (Å²) in [6.07, 6.45) is 3.79.